The number of carboxylic acid groups (broad SMARTS) is 1. The highest BCUT2D eigenvalue weighted by Gasteiger charge is 2.25. The van der Waals surface area contributed by atoms with Crippen molar-refractivity contribution in [3.8, 4) is 17.0 Å². The lowest BCUT2D eigenvalue weighted by atomic mass is 9.94. The number of halogens is 1. The summed E-state index contributed by atoms with van der Waals surface area (Å²) in [5.41, 5.74) is 2.43. The number of H-pyrrole nitrogens is 1. The van der Waals surface area contributed by atoms with Gasteiger partial charge in [0.25, 0.3) is 5.56 Å². The maximum absolute atomic E-state index is 12.3. The van der Waals surface area contributed by atoms with Crippen molar-refractivity contribution in [2.24, 2.45) is 13.0 Å². The lowest BCUT2D eigenvalue weighted by molar-refractivity contribution is 0.0691. The normalized spacial score (nSPS) is 13.5. The fourth-order valence-corrected chi connectivity index (χ4v) is 4.05. The van der Waals surface area contributed by atoms with E-state index < -0.39 is 22.8 Å². The molecule has 3 aromatic rings. The van der Waals surface area contributed by atoms with E-state index in [9.17, 15) is 19.8 Å². The molecule has 0 amide bonds. The zero-order valence-electron chi connectivity index (χ0n) is 17.9. The van der Waals surface area contributed by atoms with Gasteiger partial charge in [0.05, 0.1) is 5.69 Å². The Morgan fingerprint density at radius 1 is 1.29 bits per heavy atom. The Morgan fingerprint density at radius 3 is 2.61 bits per heavy atom. The van der Waals surface area contributed by atoms with Crippen molar-refractivity contribution in [3.63, 3.8) is 0 Å². The molecule has 8 heteroatoms. The van der Waals surface area contributed by atoms with Gasteiger partial charge in [-0.05, 0) is 55.0 Å². The number of aromatic amines is 1. The first kappa shape index (κ1) is 22.9. The highest BCUT2D eigenvalue weighted by molar-refractivity contribution is 5.93. The summed E-state index contributed by atoms with van der Waals surface area (Å²) >= 11 is 0. The van der Waals surface area contributed by atoms with E-state index in [4.69, 9.17) is 0 Å². The molecule has 0 radical (unpaired) electrons. The SMILES string of the molecule is CC(C)c1c(-c2ccc3c(c2)cc(CNCC2CC2)n3C)[nH]c(=O)c(C(=O)O)c1O.Cl. The van der Waals surface area contributed by atoms with E-state index in [2.05, 4.69) is 20.9 Å². The number of fused-ring (bicyclic) bond motifs is 1. The summed E-state index contributed by atoms with van der Waals surface area (Å²) in [6, 6.07) is 7.97. The third kappa shape index (κ3) is 4.34. The number of nitrogens with one attached hydrogen (secondary N) is 2. The van der Waals surface area contributed by atoms with Crippen LogP contribution in [0.2, 0.25) is 0 Å². The summed E-state index contributed by atoms with van der Waals surface area (Å²) < 4.78 is 2.15. The van der Waals surface area contributed by atoms with Crippen LogP contribution in [0.4, 0.5) is 0 Å². The Hall–Kier alpha value is -2.77. The topological polar surface area (TPSA) is 107 Å². The zero-order valence-corrected chi connectivity index (χ0v) is 18.7. The van der Waals surface area contributed by atoms with Crippen LogP contribution in [0.25, 0.3) is 22.2 Å². The second kappa shape index (κ2) is 8.77. The Labute approximate surface area is 186 Å². The van der Waals surface area contributed by atoms with Gasteiger partial charge in [0.15, 0.2) is 5.56 Å². The van der Waals surface area contributed by atoms with Gasteiger partial charge >= 0.3 is 5.97 Å². The number of carbonyl (C=O) groups is 1. The number of hydrogen-bond acceptors (Lipinski definition) is 4. The number of nitrogens with zero attached hydrogens (tertiary/aromatic N) is 1. The number of pyridine rings is 1. The van der Waals surface area contributed by atoms with Crippen molar-refractivity contribution in [3.05, 3.63) is 51.4 Å². The van der Waals surface area contributed by atoms with Crippen LogP contribution >= 0.6 is 12.4 Å². The number of aromatic carboxylic acids is 1. The van der Waals surface area contributed by atoms with E-state index in [0.29, 0.717) is 11.3 Å². The van der Waals surface area contributed by atoms with E-state index >= 15 is 0 Å². The minimum Gasteiger partial charge on any atom is -0.506 e. The first-order valence-electron chi connectivity index (χ1n) is 10.3. The van der Waals surface area contributed by atoms with Gasteiger partial charge in [-0.25, -0.2) is 4.79 Å². The molecule has 0 unspecified atom stereocenters. The van der Waals surface area contributed by atoms with Crippen molar-refractivity contribution in [1.82, 2.24) is 14.9 Å². The molecule has 1 aliphatic rings. The van der Waals surface area contributed by atoms with Crippen LogP contribution in [0.5, 0.6) is 5.75 Å². The fraction of sp³-hybridized carbons (Fsp3) is 0.391. The molecule has 4 rings (SSSR count). The largest absolute Gasteiger partial charge is 0.506 e. The second-order valence-corrected chi connectivity index (χ2v) is 8.47. The van der Waals surface area contributed by atoms with Gasteiger partial charge < -0.3 is 25.1 Å². The number of aryl methyl sites for hydroxylation is 1. The molecule has 1 fully saturated rings. The van der Waals surface area contributed by atoms with Gasteiger partial charge in [-0.3, -0.25) is 4.79 Å². The number of hydrogen-bond donors (Lipinski definition) is 4. The Bertz CT molecular complexity index is 1190. The Balaban J connectivity index is 0.00000272. The van der Waals surface area contributed by atoms with Gasteiger partial charge in [-0.15, -0.1) is 12.4 Å². The molecule has 2 aromatic heterocycles. The molecule has 4 N–H and O–H groups in total. The van der Waals surface area contributed by atoms with Crippen molar-refractivity contribution >= 4 is 29.3 Å². The Morgan fingerprint density at radius 2 is 2.00 bits per heavy atom. The quantitative estimate of drug-likeness (QED) is 0.440. The number of rotatable bonds is 7. The van der Waals surface area contributed by atoms with E-state index in [1.54, 1.807) is 0 Å². The van der Waals surface area contributed by atoms with Crippen molar-refractivity contribution in [2.45, 2.75) is 39.2 Å². The van der Waals surface area contributed by atoms with E-state index in [1.807, 2.05) is 39.1 Å². The van der Waals surface area contributed by atoms with E-state index in [1.165, 1.54) is 18.5 Å². The maximum Gasteiger partial charge on any atom is 0.345 e. The summed E-state index contributed by atoms with van der Waals surface area (Å²) in [7, 11) is 2.03. The number of carboxylic acids is 1. The van der Waals surface area contributed by atoms with Gasteiger partial charge in [0.1, 0.15) is 5.75 Å². The molecule has 0 bridgehead atoms. The van der Waals surface area contributed by atoms with Crippen LogP contribution in [0, 0.1) is 5.92 Å². The fourth-order valence-electron chi connectivity index (χ4n) is 4.05. The molecular weight excluding hydrogens is 418 g/mol. The molecular formula is C23H28ClN3O4. The van der Waals surface area contributed by atoms with Gasteiger partial charge in [0.2, 0.25) is 0 Å². The predicted molar refractivity (Wildman–Crippen MR) is 123 cm³/mol. The number of aromatic nitrogens is 2. The minimum absolute atomic E-state index is 0. The van der Waals surface area contributed by atoms with Gasteiger partial charge in [-0.2, -0.15) is 0 Å². The van der Waals surface area contributed by atoms with Gasteiger partial charge in [-0.1, -0.05) is 19.9 Å². The molecule has 31 heavy (non-hydrogen) atoms. The minimum atomic E-state index is -1.44. The summed E-state index contributed by atoms with van der Waals surface area (Å²) in [6.07, 6.45) is 2.63. The molecule has 0 saturated heterocycles. The van der Waals surface area contributed by atoms with Crippen molar-refractivity contribution in [1.29, 1.82) is 0 Å². The average molecular weight is 446 g/mol. The highest BCUT2D eigenvalue weighted by Crippen LogP contribution is 2.36. The van der Waals surface area contributed by atoms with E-state index in [0.717, 1.165) is 35.5 Å². The molecule has 0 spiro atoms. The molecule has 2 heterocycles. The predicted octanol–water partition coefficient (Wildman–Crippen LogP) is 3.98. The van der Waals surface area contributed by atoms with Gasteiger partial charge in [0, 0.05) is 35.8 Å². The van der Waals surface area contributed by atoms with Crippen LogP contribution in [-0.2, 0) is 13.6 Å². The number of aromatic hydroxyl groups is 1. The van der Waals surface area contributed by atoms with E-state index in [-0.39, 0.29) is 18.3 Å². The van der Waals surface area contributed by atoms with Crippen LogP contribution in [-0.4, -0.2) is 32.3 Å². The molecule has 1 saturated carbocycles. The molecule has 0 aliphatic heterocycles. The van der Waals surface area contributed by atoms with Crippen LogP contribution < -0.4 is 10.9 Å². The monoisotopic (exact) mass is 445 g/mol. The molecule has 1 aliphatic carbocycles. The summed E-state index contributed by atoms with van der Waals surface area (Å²) in [5.74, 6) is -1.26. The zero-order chi connectivity index (χ0) is 21.6. The lowest BCUT2D eigenvalue weighted by Gasteiger charge is -2.16. The first-order valence-corrected chi connectivity index (χ1v) is 10.3. The first-order chi connectivity index (χ1) is 14.3. The Kier molecular flexibility index (Phi) is 6.48. The van der Waals surface area contributed by atoms with Crippen LogP contribution in [0.3, 0.4) is 0 Å². The summed E-state index contributed by atoms with van der Waals surface area (Å²) in [4.78, 5) is 26.5. The molecule has 0 atom stereocenters. The van der Waals surface area contributed by atoms with Crippen molar-refractivity contribution < 1.29 is 15.0 Å². The second-order valence-electron chi connectivity index (χ2n) is 8.47. The number of benzene rings is 1. The highest BCUT2D eigenvalue weighted by atomic mass is 35.5. The smallest absolute Gasteiger partial charge is 0.345 e. The third-order valence-electron chi connectivity index (χ3n) is 5.88. The summed E-state index contributed by atoms with van der Waals surface area (Å²) in [5, 5.41) is 24.4. The third-order valence-corrected chi connectivity index (χ3v) is 5.88. The molecule has 166 valence electrons. The maximum atomic E-state index is 12.3. The summed E-state index contributed by atoms with van der Waals surface area (Å²) in [6.45, 7) is 5.54. The standard InChI is InChI=1S/C23H27N3O4.ClH/c1-12(2)18-20(25-22(28)19(21(18)27)23(29)30)14-6-7-17-15(8-14)9-16(26(17)3)11-24-10-13-4-5-13;/h6-9,12-13,24H,4-5,10-11H2,1-3H3,(H,29,30)(H2,25,27,28);1H. The molecule has 1 aromatic carbocycles. The molecule has 7 nitrogen and oxygen atoms in total. The van der Waals surface area contributed by atoms with Crippen molar-refractivity contribution in [2.75, 3.05) is 6.54 Å². The van der Waals surface area contributed by atoms with Crippen LogP contribution in [0.15, 0.2) is 29.1 Å². The lowest BCUT2D eigenvalue weighted by Crippen LogP contribution is -2.20. The van der Waals surface area contributed by atoms with Crippen LogP contribution in [0.1, 0.15) is 54.2 Å². The average Bonchev–Trinajstić information content (AvgIpc) is 3.44.